The minimum absolute atomic E-state index is 0.0568. The van der Waals surface area contributed by atoms with Gasteiger partial charge < -0.3 is 0 Å². The predicted molar refractivity (Wildman–Crippen MR) is 46.2 cm³/mol. The highest BCUT2D eigenvalue weighted by Crippen LogP contribution is 2.39. The highest BCUT2D eigenvalue weighted by atomic mass is 35.5. The van der Waals surface area contributed by atoms with Gasteiger partial charge in [0, 0.05) is 5.02 Å². The lowest BCUT2D eigenvalue weighted by Gasteiger charge is -2.15. The fraction of sp³-hybridized carbons (Fsp3) is 0.333. The summed E-state index contributed by atoms with van der Waals surface area (Å²) >= 11 is 5.33. The van der Waals surface area contributed by atoms with Gasteiger partial charge in [-0.3, -0.25) is 0 Å². The molecule has 0 heterocycles. The molecule has 0 amide bonds. The van der Waals surface area contributed by atoms with Crippen LogP contribution in [0.5, 0.6) is 0 Å². The third kappa shape index (κ3) is 2.61. The van der Waals surface area contributed by atoms with Gasteiger partial charge in [0.05, 0.1) is 11.1 Å². The van der Waals surface area contributed by atoms with Gasteiger partial charge in [-0.05, 0) is 24.6 Å². The molecule has 0 saturated heterocycles. The van der Waals surface area contributed by atoms with Crippen LogP contribution >= 0.6 is 11.6 Å². The van der Waals surface area contributed by atoms with E-state index in [0.29, 0.717) is 6.07 Å². The number of hydrogen-bond acceptors (Lipinski definition) is 0. The van der Waals surface area contributed by atoms with Crippen LogP contribution in [0.4, 0.5) is 26.3 Å². The molecule has 0 aliphatic rings. The molecule has 0 atom stereocenters. The molecule has 0 bridgehead atoms. The molecule has 0 fully saturated rings. The summed E-state index contributed by atoms with van der Waals surface area (Å²) in [4.78, 5) is 0. The third-order valence-electron chi connectivity index (χ3n) is 1.98. The predicted octanol–water partition coefficient (Wildman–Crippen LogP) is 4.69. The lowest BCUT2D eigenvalue weighted by atomic mass is 10.0. The lowest BCUT2D eigenvalue weighted by Crippen LogP contribution is -2.12. The zero-order valence-corrected chi connectivity index (χ0v) is 8.56. The van der Waals surface area contributed by atoms with Crippen LogP contribution in [0, 0.1) is 6.92 Å². The van der Waals surface area contributed by atoms with E-state index in [-0.39, 0.29) is 6.07 Å². The molecule has 1 rings (SSSR count). The summed E-state index contributed by atoms with van der Waals surface area (Å²) in [6, 6.07) is 0.535. The van der Waals surface area contributed by atoms with E-state index in [1.807, 2.05) is 0 Å². The van der Waals surface area contributed by atoms with Crippen LogP contribution in [0.25, 0.3) is 0 Å². The first kappa shape index (κ1) is 13.2. The van der Waals surface area contributed by atoms with Crippen molar-refractivity contribution in [2.75, 3.05) is 0 Å². The standard InChI is InChI=1S/C9H5ClF6/c1-4-6(9(14,15)16)2-5(3-7(4)10)8(11,12)13/h2-3H,1H3. The van der Waals surface area contributed by atoms with Crippen molar-refractivity contribution < 1.29 is 26.3 Å². The van der Waals surface area contributed by atoms with Crippen molar-refractivity contribution in [1.82, 2.24) is 0 Å². The molecule has 0 N–H and O–H groups in total. The largest absolute Gasteiger partial charge is 0.416 e. The van der Waals surface area contributed by atoms with E-state index in [9.17, 15) is 26.3 Å². The van der Waals surface area contributed by atoms with Crippen LogP contribution in [-0.4, -0.2) is 0 Å². The van der Waals surface area contributed by atoms with Crippen LogP contribution in [-0.2, 0) is 12.4 Å². The SMILES string of the molecule is Cc1c(Cl)cc(C(F)(F)F)cc1C(F)(F)F. The van der Waals surface area contributed by atoms with E-state index in [2.05, 4.69) is 0 Å². The minimum atomic E-state index is -4.85. The van der Waals surface area contributed by atoms with Crippen molar-refractivity contribution >= 4 is 11.6 Å². The van der Waals surface area contributed by atoms with Crippen LogP contribution < -0.4 is 0 Å². The molecule has 1 aromatic rings. The van der Waals surface area contributed by atoms with E-state index in [4.69, 9.17) is 11.6 Å². The van der Waals surface area contributed by atoms with E-state index in [0.717, 1.165) is 6.92 Å². The molecule has 0 aliphatic heterocycles. The summed E-state index contributed by atoms with van der Waals surface area (Å²) < 4.78 is 73.8. The summed E-state index contributed by atoms with van der Waals surface area (Å²) in [6.45, 7) is 1.02. The van der Waals surface area contributed by atoms with Gasteiger partial charge in [0.25, 0.3) is 0 Å². The van der Waals surface area contributed by atoms with Crippen LogP contribution in [0.3, 0.4) is 0 Å². The van der Waals surface area contributed by atoms with Crippen molar-refractivity contribution in [3.05, 3.63) is 33.8 Å². The molecule has 0 unspecified atom stereocenters. The smallest absolute Gasteiger partial charge is 0.166 e. The molecule has 0 saturated carbocycles. The number of alkyl halides is 6. The molecule has 7 heteroatoms. The Morgan fingerprint density at radius 3 is 1.81 bits per heavy atom. The molecular weight excluding hydrogens is 258 g/mol. The van der Waals surface area contributed by atoms with E-state index >= 15 is 0 Å². The van der Waals surface area contributed by atoms with Gasteiger partial charge in [0.15, 0.2) is 0 Å². The average molecular weight is 263 g/mol. The summed E-state index contributed by atoms with van der Waals surface area (Å²) in [7, 11) is 0. The van der Waals surface area contributed by atoms with E-state index < -0.39 is 34.1 Å². The Hall–Kier alpha value is -0.910. The van der Waals surface area contributed by atoms with E-state index in [1.54, 1.807) is 0 Å². The molecular formula is C9H5ClF6. The molecule has 0 radical (unpaired) electrons. The lowest BCUT2D eigenvalue weighted by molar-refractivity contribution is -0.143. The maximum absolute atomic E-state index is 12.4. The minimum Gasteiger partial charge on any atom is -0.166 e. The Morgan fingerprint density at radius 2 is 1.44 bits per heavy atom. The van der Waals surface area contributed by atoms with E-state index in [1.165, 1.54) is 0 Å². The second-order valence-electron chi connectivity index (χ2n) is 3.13. The summed E-state index contributed by atoms with van der Waals surface area (Å²) in [6.07, 6.45) is -9.70. The molecule has 0 spiro atoms. The zero-order valence-electron chi connectivity index (χ0n) is 7.80. The second-order valence-corrected chi connectivity index (χ2v) is 3.53. The number of rotatable bonds is 0. The summed E-state index contributed by atoms with van der Waals surface area (Å²) in [5.74, 6) is 0. The summed E-state index contributed by atoms with van der Waals surface area (Å²) in [5.41, 5.74) is -3.19. The number of hydrogen-bond donors (Lipinski definition) is 0. The highest BCUT2D eigenvalue weighted by molar-refractivity contribution is 6.31. The zero-order chi connectivity index (χ0) is 12.7. The number of halogens is 7. The van der Waals surface area contributed by atoms with Crippen molar-refractivity contribution in [3.8, 4) is 0 Å². The van der Waals surface area contributed by atoms with Gasteiger partial charge in [-0.15, -0.1) is 0 Å². The van der Waals surface area contributed by atoms with Gasteiger partial charge in [-0.1, -0.05) is 11.6 Å². The molecule has 0 nitrogen and oxygen atoms in total. The third-order valence-corrected chi connectivity index (χ3v) is 2.37. The fourth-order valence-corrected chi connectivity index (χ4v) is 1.36. The molecule has 16 heavy (non-hydrogen) atoms. The summed E-state index contributed by atoms with van der Waals surface area (Å²) in [5, 5.41) is -0.554. The van der Waals surface area contributed by atoms with Crippen molar-refractivity contribution in [1.29, 1.82) is 0 Å². The molecule has 0 aromatic heterocycles. The highest BCUT2D eigenvalue weighted by Gasteiger charge is 2.38. The van der Waals surface area contributed by atoms with Crippen molar-refractivity contribution in [3.63, 3.8) is 0 Å². The van der Waals surface area contributed by atoms with Gasteiger partial charge in [-0.2, -0.15) is 26.3 Å². The van der Waals surface area contributed by atoms with Gasteiger partial charge in [0.1, 0.15) is 0 Å². The fourth-order valence-electron chi connectivity index (χ4n) is 1.14. The maximum atomic E-state index is 12.4. The van der Waals surface area contributed by atoms with Gasteiger partial charge in [-0.25, -0.2) is 0 Å². The van der Waals surface area contributed by atoms with Crippen molar-refractivity contribution in [2.45, 2.75) is 19.3 Å². The first-order chi connectivity index (χ1) is 7.03. The first-order valence-corrected chi connectivity index (χ1v) is 4.36. The van der Waals surface area contributed by atoms with Crippen LogP contribution in [0.1, 0.15) is 16.7 Å². The Labute approximate surface area is 91.8 Å². The van der Waals surface area contributed by atoms with Crippen LogP contribution in [0.2, 0.25) is 5.02 Å². The topological polar surface area (TPSA) is 0 Å². The average Bonchev–Trinajstić information content (AvgIpc) is 2.05. The van der Waals surface area contributed by atoms with Crippen LogP contribution in [0.15, 0.2) is 12.1 Å². The first-order valence-electron chi connectivity index (χ1n) is 3.98. The monoisotopic (exact) mass is 262 g/mol. The molecule has 90 valence electrons. The van der Waals surface area contributed by atoms with Gasteiger partial charge in [0.2, 0.25) is 0 Å². The number of benzene rings is 1. The molecule has 0 aliphatic carbocycles. The van der Waals surface area contributed by atoms with Gasteiger partial charge >= 0.3 is 12.4 Å². The normalized spacial score (nSPS) is 13.0. The molecule has 1 aromatic carbocycles. The van der Waals surface area contributed by atoms with Crippen molar-refractivity contribution in [2.24, 2.45) is 0 Å². The Balaban J connectivity index is 3.46. The second kappa shape index (κ2) is 3.84. The Morgan fingerprint density at radius 1 is 0.938 bits per heavy atom. The Kier molecular flexibility index (Phi) is 3.15. The maximum Gasteiger partial charge on any atom is 0.416 e. The quantitative estimate of drug-likeness (QED) is 0.595. The Bertz CT molecular complexity index is 404.